The SMILES string of the molecule is CCOCCN(C)c1cc(Cl)nc(SC)n1. The molecule has 0 aromatic carbocycles. The molecule has 0 fully saturated rings. The Bertz CT molecular complexity index is 338. The molecule has 0 N–H and O–H groups in total. The Balaban J connectivity index is 2.66. The molecule has 0 aliphatic rings. The third-order valence-corrected chi connectivity index (χ3v) is 2.75. The molecule has 0 saturated carbocycles. The van der Waals surface area contributed by atoms with Gasteiger partial charge in [-0.1, -0.05) is 23.4 Å². The van der Waals surface area contributed by atoms with Crippen LogP contribution in [0.3, 0.4) is 0 Å². The summed E-state index contributed by atoms with van der Waals surface area (Å²) in [4.78, 5) is 10.5. The molecule has 90 valence electrons. The highest BCUT2D eigenvalue weighted by Crippen LogP contribution is 2.19. The molecule has 0 spiro atoms. The molecule has 0 aliphatic carbocycles. The molecule has 16 heavy (non-hydrogen) atoms. The Labute approximate surface area is 105 Å². The molecule has 0 amide bonds. The number of halogens is 1. The van der Waals surface area contributed by atoms with Crippen molar-refractivity contribution in [2.45, 2.75) is 12.1 Å². The first-order valence-corrected chi connectivity index (χ1v) is 6.65. The molecular weight excluding hydrogens is 246 g/mol. The summed E-state index contributed by atoms with van der Waals surface area (Å²) in [5.74, 6) is 0.823. The van der Waals surface area contributed by atoms with Crippen LogP contribution in [0.4, 0.5) is 5.82 Å². The number of hydrogen-bond donors (Lipinski definition) is 0. The maximum absolute atomic E-state index is 5.91. The zero-order valence-electron chi connectivity index (χ0n) is 9.73. The summed E-state index contributed by atoms with van der Waals surface area (Å²) in [6, 6.07) is 1.76. The zero-order chi connectivity index (χ0) is 12.0. The van der Waals surface area contributed by atoms with E-state index in [-0.39, 0.29) is 0 Å². The van der Waals surface area contributed by atoms with E-state index >= 15 is 0 Å². The Hall–Kier alpha value is -0.520. The molecule has 1 rings (SSSR count). The molecule has 1 aromatic heterocycles. The highest BCUT2D eigenvalue weighted by Gasteiger charge is 2.06. The summed E-state index contributed by atoms with van der Waals surface area (Å²) in [6.45, 7) is 4.18. The van der Waals surface area contributed by atoms with E-state index < -0.39 is 0 Å². The van der Waals surface area contributed by atoms with Crippen LogP contribution >= 0.6 is 23.4 Å². The van der Waals surface area contributed by atoms with E-state index in [9.17, 15) is 0 Å². The fourth-order valence-corrected chi connectivity index (χ4v) is 1.73. The molecule has 6 heteroatoms. The molecule has 0 atom stereocenters. The smallest absolute Gasteiger partial charge is 0.190 e. The molecule has 0 unspecified atom stereocenters. The number of anilines is 1. The molecule has 4 nitrogen and oxygen atoms in total. The molecule has 0 bridgehead atoms. The van der Waals surface area contributed by atoms with Gasteiger partial charge >= 0.3 is 0 Å². The molecular formula is C10H16ClN3OS. The van der Waals surface area contributed by atoms with Gasteiger partial charge in [-0.05, 0) is 13.2 Å². The maximum Gasteiger partial charge on any atom is 0.190 e. The van der Waals surface area contributed by atoms with Gasteiger partial charge in [-0.3, -0.25) is 0 Å². The molecule has 0 radical (unpaired) electrons. The van der Waals surface area contributed by atoms with E-state index in [0.29, 0.717) is 16.9 Å². The zero-order valence-corrected chi connectivity index (χ0v) is 11.3. The normalized spacial score (nSPS) is 10.5. The molecule has 1 aromatic rings. The van der Waals surface area contributed by atoms with Crippen LogP contribution < -0.4 is 4.90 Å². The minimum absolute atomic E-state index is 0.470. The van der Waals surface area contributed by atoms with Crippen LogP contribution in [-0.2, 0) is 4.74 Å². The van der Waals surface area contributed by atoms with Crippen molar-refractivity contribution in [3.8, 4) is 0 Å². The van der Waals surface area contributed by atoms with Gasteiger partial charge in [-0.25, -0.2) is 9.97 Å². The lowest BCUT2D eigenvalue weighted by Gasteiger charge is -2.18. The lowest BCUT2D eigenvalue weighted by molar-refractivity contribution is 0.154. The van der Waals surface area contributed by atoms with E-state index in [0.717, 1.165) is 19.0 Å². The summed E-state index contributed by atoms with van der Waals surface area (Å²) >= 11 is 7.39. The van der Waals surface area contributed by atoms with Gasteiger partial charge < -0.3 is 9.64 Å². The number of hydrogen-bond acceptors (Lipinski definition) is 5. The standard InChI is InChI=1S/C10H16ClN3OS/c1-4-15-6-5-14(2)9-7-8(11)12-10(13-9)16-3/h7H,4-6H2,1-3H3. The van der Waals surface area contributed by atoms with Gasteiger partial charge in [0.15, 0.2) is 5.16 Å². The van der Waals surface area contributed by atoms with Crippen LogP contribution in [0.1, 0.15) is 6.92 Å². The van der Waals surface area contributed by atoms with E-state index in [2.05, 4.69) is 9.97 Å². The maximum atomic E-state index is 5.91. The highest BCUT2D eigenvalue weighted by atomic mass is 35.5. The van der Waals surface area contributed by atoms with Gasteiger partial charge in [-0.15, -0.1) is 0 Å². The Morgan fingerprint density at radius 3 is 2.88 bits per heavy atom. The lowest BCUT2D eigenvalue weighted by Crippen LogP contribution is -2.23. The van der Waals surface area contributed by atoms with Crippen molar-refractivity contribution in [1.82, 2.24) is 9.97 Å². The average molecular weight is 262 g/mol. The first kappa shape index (κ1) is 13.5. The van der Waals surface area contributed by atoms with Crippen LogP contribution in [0, 0.1) is 0 Å². The molecule has 0 saturated heterocycles. The quantitative estimate of drug-likeness (QED) is 0.340. The van der Waals surface area contributed by atoms with Crippen molar-refractivity contribution in [2.75, 3.05) is 38.0 Å². The molecule has 1 heterocycles. The van der Waals surface area contributed by atoms with Crippen LogP contribution in [-0.4, -0.2) is 43.0 Å². The van der Waals surface area contributed by atoms with Crippen molar-refractivity contribution >= 4 is 29.2 Å². The minimum Gasteiger partial charge on any atom is -0.380 e. The summed E-state index contributed by atoms with van der Waals surface area (Å²) in [5.41, 5.74) is 0. The number of ether oxygens (including phenoxy) is 1. The van der Waals surface area contributed by atoms with Gasteiger partial charge in [0.25, 0.3) is 0 Å². The summed E-state index contributed by atoms with van der Waals surface area (Å²) < 4.78 is 5.29. The topological polar surface area (TPSA) is 38.2 Å². The van der Waals surface area contributed by atoms with Gasteiger partial charge in [0.2, 0.25) is 0 Å². The van der Waals surface area contributed by atoms with E-state index in [1.54, 1.807) is 6.07 Å². The molecule has 0 aliphatic heterocycles. The third kappa shape index (κ3) is 4.15. The fourth-order valence-electron chi connectivity index (χ4n) is 1.13. The first-order chi connectivity index (χ1) is 7.67. The fraction of sp³-hybridized carbons (Fsp3) is 0.600. The predicted octanol–water partition coefficient (Wildman–Crippen LogP) is 2.32. The van der Waals surface area contributed by atoms with Crippen LogP contribution in [0.25, 0.3) is 0 Å². The second-order valence-corrected chi connectivity index (χ2v) is 4.31. The monoisotopic (exact) mass is 261 g/mol. The summed E-state index contributed by atoms with van der Waals surface area (Å²) in [7, 11) is 1.96. The number of rotatable bonds is 6. The number of likely N-dealkylation sites (N-methyl/N-ethyl adjacent to an activating group) is 1. The van der Waals surface area contributed by atoms with Crippen LogP contribution in [0.5, 0.6) is 0 Å². The Morgan fingerprint density at radius 1 is 1.50 bits per heavy atom. The van der Waals surface area contributed by atoms with E-state index in [1.807, 2.05) is 25.1 Å². The van der Waals surface area contributed by atoms with Gasteiger partial charge in [0.1, 0.15) is 11.0 Å². The van der Waals surface area contributed by atoms with Gasteiger partial charge in [-0.2, -0.15) is 0 Å². The van der Waals surface area contributed by atoms with Crippen LogP contribution in [0.2, 0.25) is 5.15 Å². The average Bonchev–Trinajstić information content (AvgIpc) is 2.28. The predicted molar refractivity (Wildman–Crippen MR) is 68.6 cm³/mol. The summed E-state index contributed by atoms with van der Waals surface area (Å²) in [5, 5.41) is 1.16. The van der Waals surface area contributed by atoms with Crippen molar-refractivity contribution in [2.24, 2.45) is 0 Å². The number of nitrogens with zero attached hydrogens (tertiary/aromatic N) is 3. The highest BCUT2D eigenvalue weighted by molar-refractivity contribution is 7.98. The van der Waals surface area contributed by atoms with E-state index in [1.165, 1.54) is 11.8 Å². The van der Waals surface area contributed by atoms with E-state index in [4.69, 9.17) is 16.3 Å². The lowest BCUT2D eigenvalue weighted by atomic mass is 10.5. The third-order valence-electron chi connectivity index (χ3n) is 2.01. The van der Waals surface area contributed by atoms with Gasteiger partial charge in [0.05, 0.1) is 6.61 Å². The van der Waals surface area contributed by atoms with Crippen LogP contribution in [0.15, 0.2) is 11.2 Å². The van der Waals surface area contributed by atoms with Crippen molar-refractivity contribution < 1.29 is 4.74 Å². The summed E-state index contributed by atoms with van der Waals surface area (Å²) in [6.07, 6.45) is 1.93. The minimum atomic E-state index is 0.470. The van der Waals surface area contributed by atoms with Crippen molar-refractivity contribution in [1.29, 1.82) is 0 Å². The van der Waals surface area contributed by atoms with Gasteiger partial charge in [0, 0.05) is 26.3 Å². The second kappa shape index (κ2) is 6.93. The van der Waals surface area contributed by atoms with Crippen molar-refractivity contribution in [3.63, 3.8) is 0 Å². The Kier molecular flexibility index (Phi) is 5.87. The largest absolute Gasteiger partial charge is 0.380 e. The number of thioether (sulfide) groups is 1. The first-order valence-electron chi connectivity index (χ1n) is 5.04. The number of aromatic nitrogens is 2. The van der Waals surface area contributed by atoms with Crippen molar-refractivity contribution in [3.05, 3.63) is 11.2 Å². The Morgan fingerprint density at radius 2 is 2.25 bits per heavy atom. The second-order valence-electron chi connectivity index (χ2n) is 3.15.